The van der Waals surface area contributed by atoms with Gasteiger partial charge < -0.3 is 0 Å². The number of benzene rings is 1. The van der Waals surface area contributed by atoms with Gasteiger partial charge in [0, 0.05) is 28.9 Å². The molecule has 1 atom stereocenters. The Balaban J connectivity index is 2.91. The van der Waals surface area contributed by atoms with Gasteiger partial charge in [-0.25, -0.2) is 26.7 Å². The number of nitrogens with one attached hydrogen (secondary N) is 1. The highest BCUT2D eigenvalue weighted by molar-refractivity contribution is 7.90. The van der Waals surface area contributed by atoms with Crippen molar-refractivity contribution in [1.82, 2.24) is 4.72 Å². The van der Waals surface area contributed by atoms with Gasteiger partial charge in [-0.2, -0.15) is 0 Å². The molecule has 3 N–H and O–H groups in total. The van der Waals surface area contributed by atoms with E-state index in [0.29, 0.717) is 5.75 Å². The molecule has 0 saturated carbocycles. The second-order valence-electron chi connectivity index (χ2n) is 3.85. The molecule has 0 aliphatic heterocycles. The Labute approximate surface area is 121 Å². The van der Waals surface area contributed by atoms with E-state index >= 15 is 0 Å². The van der Waals surface area contributed by atoms with E-state index in [4.69, 9.17) is 5.14 Å². The second-order valence-corrected chi connectivity index (χ2v) is 9.04. The number of primary sulfonamides is 1. The molecule has 0 heterocycles. The van der Waals surface area contributed by atoms with E-state index in [0.717, 1.165) is 6.07 Å². The monoisotopic (exact) mass is 340 g/mol. The van der Waals surface area contributed by atoms with Gasteiger partial charge in [0.1, 0.15) is 0 Å². The van der Waals surface area contributed by atoms with Crippen molar-refractivity contribution in [2.24, 2.45) is 5.14 Å². The smallest absolute Gasteiger partial charge is 0.240 e. The van der Waals surface area contributed by atoms with Crippen LogP contribution in [-0.4, -0.2) is 39.1 Å². The van der Waals surface area contributed by atoms with E-state index in [1.54, 1.807) is 6.92 Å². The molecular weight excluding hydrogens is 324 g/mol. The van der Waals surface area contributed by atoms with Gasteiger partial charge in [0.25, 0.3) is 0 Å². The van der Waals surface area contributed by atoms with Crippen LogP contribution in [0.3, 0.4) is 0 Å². The fraction of sp³-hybridized carbons (Fsp3) is 0.400. The van der Waals surface area contributed by atoms with Gasteiger partial charge >= 0.3 is 0 Å². The predicted molar refractivity (Wildman–Crippen MR) is 76.6 cm³/mol. The lowest BCUT2D eigenvalue weighted by Crippen LogP contribution is -2.28. The molecule has 1 aromatic rings. The third-order valence-corrected chi connectivity index (χ3v) is 6.06. The van der Waals surface area contributed by atoms with E-state index in [9.17, 15) is 21.0 Å². The maximum atomic E-state index is 11.9. The molecule has 0 aromatic heterocycles. The van der Waals surface area contributed by atoms with Crippen molar-refractivity contribution in [3.63, 3.8) is 0 Å². The fourth-order valence-electron chi connectivity index (χ4n) is 1.34. The van der Waals surface area contributed by atoms with Crippen molar-refractivity contribution < 1.29 is 21.0 Å². The van der Waals surface area contributed by atoms with Crippen LogP contribution in [0.4, 0.5) is 0 Å². The molecule has 0 aliphatic rings. The molecule has 0 bridgehead atoms. The number of hydrogen-bond acceptors (Lipinski definition) is 5. The molecule has 7 nitrogen and oxygen atoms in total. The zero-order chi connectivity index (χ0) is 15.4. The highest BCUT2D eigenvalue weighted by Crippen LogP contribution is 2.14. The maximum absolute atomic E-state index is 11.9. The first kappa shape index (κ1) is 17.2. The van der Waals surface area contributed by atoms with E-state index in [1.165, 1.54) is 18.2 Å². The fourth-order valence-corrected chi connectivity index (χ4v) is 3.79. The van der Waals surface area contributed by atoms with Crippen molar-refractivity contribution in [2.45, 2.75) is 16.7 Å². The van der Waals surface area contributed by atoms with Crippen LogP contribution in [0, 0.1) is 0 Å². The van der Waals surface area contributed by atoms with E-state index < -0.39 is 30.8 Å². The first-order valence-corrected chi connectivity index (χ1v) is 10.2. The highest BCUT2D eigenvalue weighted by atomic mass is 32.2. The Bertz CT molecular complexity index is 697. The summed E-state index contributed by atoms with van der Waals surface area (Å²) in [4.78, 5) is -0.483. The third kappa shape index (κ3) is 4.94. The molecule has 0 aliphatic carbocycles. The van der Waals surface area contributed by atoms with Gasteiger partial charge in [-0.1, -0.05) is 13.0 Å². The second kappa shape index (κ2) is 6.76. The summed E-state index contributed by atoms with van der Waals surface area (Å²) in [5.41, 5.74) is 0. The summed E-state index contributed by atoms with van der Waals surface area (Å²) in [7, 11) is -8.90. The Morgan fingerprint density at radius 2 is 1.80 bits per heavy atom. The van der Waals surface area contributed by atoms with Crippen molar-refractivity contribution in [2.75, 3.05) is 18.1 Å². The minimum Gasteiger partial charge on any atom is -0.260 e. The van der Waals surface area contributed by atoms with Crippen LogP contribution in [0.2, 0.25) is 0 Å². The average Bonchev–Trinajstić information content (AvgIpc) is 2.37. The van der Waals surface area contributed by atoms with Gasteiger partial charge in [0.2, 0.25) is 20.0 Å². The first-order chi connectivity index (χ1) is 9.16. The summed E-state index contributed by atoms with van der Waals surface area (Å²) in [6.45, 7) is 1.75. The Morgan fingerprint density at radius 1 is 1.20 bits per heavy atom. The number of sulfonamides is 2. The van der Waals surface area contributed by atoms with Gasteiger partial charge in [0.15, 0.2) is 0 Å². The lowest BCUT2D eigenvalue weighted by atomic mass is 10.4. The van der Waals surface area contributed by atoms with Gasteiger partial charge in [-0.05, 0) is 18.2 Å². The van der Waals surface area contributed by atoms with E-state index in [1.807, 2.05) is 0 Å². The van der Waals surface area contributed by atoms with Gasteiger partial charge in [-0.3, -0.25) is 4.21 Å². The van der Waals surface area contributed by atoms with Crippen LogP contribution in [0.15, 0.2) is 34.1 Å². The Morgan fingerprint density at radius 3 is 2.35 bits per heavy atom. The zero-order valence-corrected chi connectivity index (χ0v) is 13.2. The average molecular weight is 340 g/mol. The summed E-state index contributed by atoms with van der Waals surface area (Å²) in [5.74, 6) is 0.646. The predicted octanol–water partition coefficient (Wildman–Crippen LogP) is -0.619. The SMILES string of the molecule is CCS(=O)CCNS(=O)(=O)c1cccc(S(N)(=O)=O)c1. The van der Waals surface area contributed by atoms with Crippen LogP contribution < -0.4 is 9.86 Å². The molecule has 0 fully saturated rings. The summed E-state index contributed by atoms with van der Waals surface area (Å²) in [5, 5.41) is 4.94. The Kier molecular flexibility index (Phi) is 5.83. The van der Waals surface area contributed by atoms with Crippen LogP contribution >= 0.6 is 0 Å². The Hall–Kier alpha value is -0.810. The number of nitrogens with two attached hydrogens (primary N) is 1. The molecule has 0 radical (unpaired) electrons. The van der Waals surface area contributed by atoms with Gasteiger partial charge in [0.05, 0.1) is 9.79 Å². The van der Waals surface area contributed by atoms with Crippen molar-refractivity contribution in [1.29, 1.82) is 0 Å². The number of hydrogen-bond donors (Lipinski definition) is 2. The van der Waals surface area contributed by atoms with Crippen LogP contribution in [0.1, 0.15) is 6.92 Å². The largest absolute Gasteiger partial charge is 0.260 e. The molecule has 1 unspecified atom stereocenters. The molecule has 0 spiro atoms. The quantitative estimate of drug-likeness (QED) is 0.685. The number of rotatable bonds is 7. The van der Waals surface area contributed by atoms with Crippen molar-refractivity contribution in [3.8, 4) is 0 Å². The molecule has 1 rings (SSSR count). The molecule has 1 aromatic carbocycles. The molecule has 0 amide bonds. The molecule has 114 valence electrons. The van der Waals surface area contributed by atoms with E-state index in [-0.39, 0.29) is 22.1 Å². The third-order valence-electron chi connectivity index (χ3n) is 2.39. The lowest BCUT2D eigenvalue weighted by Gasteiger charge is -2.07. The molecular formula is C10H16N2O5S3. The summed E-state index contributed by atoms with van der Waals surface area (Å²) in [6.07, 6.45) is 0. The highest BCUT2D eigenvalue weighted by Gasteiger charge is 2.17. The lowest BCUT2D eigenvalue weighted by molar-refractivity contribution is 0.583. The molecule has 0 saturated heterocycles. The minimum atomic E-state index is -3.96. The first-order valence-electron chi connectivity index (χ1n) is 5.64. The summed E-state index contributed by atoms with van der Waals surface area (Å²) in [6, 6.07) is 4.74. The molecule has 20 heavy (non-hydrogen) atoms. The molecule has 10 heteroatoms. The summed E-state index contributed by atoms with van der Waals surface area (Å²) < 4.78 is 59.7. The minimum absolute atomic E-state index is 0.0163. The standard InChI is InChI=1S/C10H16N2O5S3/c1-2-18(13)7-6-12-20(16,17)10-5-3-4-9(8-10)19(11,14)15/h3-5,8,12H,2,6-7H2,1H3,(H2,11,14,15). The van der Waals surface area contributed by atoms with Crippen LogP contribution in [0.5, 0.6) is 0 Å². The van der Waals surface area contributed by atoms with Crippen molar-refractivity contribution in [3.05, 3.63) is 24.3 Å². The van der Waals surface area contributed by atoms with E-state index in [2.05, 4.69) is 4.72 Å². The maximum Gasteiger partial charge on any atom is 0.240 e. The van der Waals surface area contributed by atoms with Crippen molar-refractivity contribution >= 4 is 30.8 Å². The van der Waals surface area contributed by atoms with Crippen LogP contribution in [-0.2, 0) is 30.8 Å². The normalized spacial score (nSPS) is 14.1. The van der Waals surface area contributed by atoms with Gasteiger partial charge in [-0.15, -0.1) is 0 Å². The summed E-state index contributed by atoms with van der Waals surface area (Å²) >= 11 is 0. The zero-order valence-electron chi connectivity index (χ0n) is 10.8. The topological polar surface area (TPSA) is 123 Å². The van der Waals surface area contributed by atoms with Crippen LogP contribution in [0.25, 0.3) is 0 Å².